The SMILES string of the molecule is CCN(c1c(N)cnc2ccccc12)C(C)CN(C)C. The minimum Gasteiger partial charge on any atom is -0.396 e. The van der Waals surface area contributed by atoms with E-state index >= 15 is 0 Å². The van der Waals surface area contributed by atoms with E-state index in [1.165, 1.54) is 0 Å². The summed E-state index contributed by atoms with van der Waals surface area (Å²) >= 11 is 0. The van der Waals surface area contributed by atoms with Crippen LogP contribution in [0.2, 0.25) is 0 Å². The molecule has 0 fully saturated rings. The van der Waals surface area contributed by atoms with E-state index in [1.807, 2.05) is 18.2 Å². The first kappa shape index (κ1) is 14.6. The summed E-state index contributed by atoms with van der Waals surface area (Å²) in [6, 6.07) is 8.57. The van der Waals surface area contributed by atoms with Gasteiger partial charge in [-0.15, -0.1) is 0 Å². The lowest BCUT2D eigenvalue weighted by molar-refractivity contribution is 0.373. The van der Waals surface area contributed by atoms with Gasteiger partial charge in [0, 0.05) is 24.5 Å². The number of rotatable bonds is 5. The van der Waals surface area contributed by atoms with Gasteiger partial charge in [-0.1, -0.05) is 18.2 Å². The van der Waals surface area contributed by atoms with Gasteiger partial charge in [0.2, 0.25) is 0 Å². The third-order valence-electron chi connectivity index (χ3n) is 3.56. The second kappa shape index (κ2) is 6.09. The summed E-state index contributed by atoms with van der Waals surface area (Å²) in [7, 11) is 4.19. The average molecular weight is 272 g/mol. The molecule has 108 valence electrons. The van der Waals surface area contributed by atoms with Gasteiger partial charge >= 0.3 is 0 Å². The van der Waals surface area contributed by atoms with E-state index in [2.05, 4.69) is 48.8 Å². The van der Waals surface area contributed by atoms with Crippen LogP contribution in [0, 0.1) is 0 Å². The Labute approximate surface area is 121 Å². The maximum Gasteiger partial charge on any atom is 0.0745 e. The molecule has 4 heteroatoms. The standard InChI is InChI=1S/C16H24N4/c1-5-20(12(2)11-19(3)4)16-13-8-6-7-9-15(13)18-10-14(16)17/h6-10,12H,5,11,17H2,1-4H3. The second-order valence-electron chi connectivity index (χ2n) is 5.48. The zero-order valence-corrected chi connectivity index (χ0v) is 12.8. The summed E-state index contributed by atoms with van der Waals surface area (Å²) in [5.74, 6) is 0. The molecule has 0 aliphatic heterocycles. The number of aromatic nitrogens is 1. The van der Waals surface area contributed by atoms with Crippen molar-refractivity contribution in [3.63, 3.8) is 0 Å². The molecule has 1 aromatic heterocycles. The van der Waals surface area contributed by atoms with E-state index in [9.17, 15) is 0 Å². The van der Waals surface area contributed by atoms with Gasteiger partial charge in [-0.25, -0.2) is 0 Å². The van der Waals surface area contributed by atoms with Gasteiger partial charge in [0.15, 0.2) is 0 Å². The number of likely N-dealkylation sites (N-methyl/N-ethyl adjacent to an activating group) is 2. The number of fused-ring (bicyclic) bond motifs is 1. The highest BCUT2D eigenvalue weighted by atomic mass is 15.2. The van der Waals surface area contributed by atoms with Gasteiger partial charge in [0.1, 0.15) is 0 Å². The predicted octanol–water partition coefficient (Wildman–Crippen LogP) is 2.59. The summed E-state index contributed by atoms with van der Waals surface area (Å²) in [6.45, 7) is 6.32. The van der Waals surface area contributed by atoms with Crippen LogP contribution < -0.4 is 10.6 Å². The number of pyridine rings is 1. The first-order chi connectivity index (χ1) is 9.54. The van der Waals surface area contributed by atoms with Gasteiger partial charge in [0.25, 0.3) is 0 Å². The molecule has 2 rings (SSSR count). The number of hydrogen-bond acceptors (Lipinski definition) is 4. The Bertz CT molecular complexity index is 580. The summed E-state index contributed by atoms with van der Waals surface area (Å²) in [4.78, 5) is 8.98. The average Bonchev–Trinajstić information content (AvgIpc) is 2.41. The highest BCUT2D eigenvalue weighted by Crippen LogP contribution is 2.32. The number of benzene rings is 1. The van der Waals surface area contributed by atoms with Crippen molar-refractivity contribution in [2.24, 2.45) is 0 Å². The van der Waals surface area contributed by atoms with E-state index in [0.29, 0.717) is 6.04 Å². The Hall–Kier alpha value is -1.81. The van der Waals surface area contributed by atoms with Crippen LogP contribution in [-0.2, 0) is 0 Å². The number of hydrogen-bond donors (Lipinski definition) is 1. The Kier molecular flexibility index (Phi) is 4.45. The lowest BCUT2D eigenvalue weighted by Crippen LogP contribution is -2.40. The summed E-state index contributed by atoms with van der Waals surface area (Å²) in [6.07, 6.45) is 1.77. The van der Waals surface area contributed by atoms with Gasteiger partial charge < -0.3 is 15.5 Å². The third kappa shape index (κ3) is 2.85. The Morgan fingerprint density at radius 3 is 2.60 bits per heavy atom. The zero-order chi connectivity index (χ0) is 14.7. The van der Waals surface area contributed by atoms with Crippen molar-refractivity contribution in [3.8, 4) is 0 Å². The maximum absolute atomic E-state index is 6.21. The molecule has 2 N–H and O–H groups in total. The fourth-order valence-corrected chi connectivity index (χ4v) is 2.78. The van der Waals surface area contributed by atoms with Crippen molar-refractivity contribution in [1.29, 1.82) is 0 Å². The minimum atomic E-state index is 0.392. The Morgan fingerprint density at radius 2 is 1.95 bits per heavy atom. The van der Waals surface area contributed by atoms with Gasteiger partial charge in [0.05, 0.1) is 23.1 Å². The molecular weight excluding hydrogens is 248 g/mol. The first-order valence-electron chi connectivity index (χ1n) is 7.09. The zero-order valence-electron chi connectivity index (χ0n) is 12.8. The molecule has 4 nitrogen and oxygen atoms in total. The molecular formula is C16H24N4. The van der Waals surface area contributed by atoms with Crippen LogP contribution >= 0.6 is 0 Å². The molecule has 1 unspecified atom stereocenters. The molecule has 0 aliphatic rings. The molecule has 2 aromatic rings. The Morgan fingerprint density at radius 1 is 1.25 bits per heavy atom. The fraction of sp³-hybridized carbons (Fsp3) is 0.438. The monoisotopic (exact) mass is 272 g/mol. The lowest BCUT2D eigenvalue weighted by Gasteiger charge is -2.33. The molecule has 0 amide bonds. The van der Waals surface area contributed by atoms with Crippen LogP contribution in [0.15, 0.2) is 30.5 Å². The molecule has 0 spiro atoms. The van der Waals surface area contributed by atoms with Crippen LogP contribution in [0.1, 0.15) is 13.8 Å². The summed E-state index contributed by atoms with van der Waals surface area (Å²) in [5, 5.41) is 1.12. The number of anilines is 2. The molecule has 0 saturated carbocycles. The number of nitrogen functional groups attached to an aromatic ring is 1. The topological polar surface area (TPSA) is 45.4 Å². The van der Waals surface area contributed by atoms with Crippen LogP contribution in [-0.4, -0.2) is 43.1 Å². The van der Waals surface area contributed by atoms with E-state index in [-0.39, 0.29) is 0 Å². The van der Waals surface area contributed by atoms with Gasteiger partial charge in [-0.2, -0.15) is 0 Å². The molecule has 1 atom stereocenters. The fourth-order valence-electron chi connectivity index (χ4n) is 2.78. The van der Waals surface area contributed by atoms with Crippen molar-refractivity contribution in [2.45, 2.75) is 19.9 Å². The highest BCUT2D eigenvalue weighted by molar-refractivity contribution is 5.97. The first-order valence-corrected chi connectivity index (χ1v) is 7.09. The Balaban J connectivity index is 2.51. The predicted molar refractivity (Wildman–Crippen MR) is 87.2 cm³/mol. The number of para-hydroxylation sites is 1. The largest absolute Gasteiger partial charge is 0.396 e. The lowest BCUT2D eigenvalue weighted by atomic mass is 10.1. The van der Waals surface area contributed by atoms with Crippen molar-refractivity contribution < 1.29 is 0 Å². The van der Waals surface area contributed by atoms with Crippen LogP contribution in [0.4, 0.5) is 11.4 Å². The molecule has 1 aromatic carbocycles. The quantitative estimate of drug-likeness (QED) is 0.908. The van der Waals surface area contributed by atoms with Crippen molar-refractivity contribution in [1.82, 2.24) is 9.88 Å². The van der Waals surface area contributed by atoms with E-state index in [1.54, 1.807) is 6.20 Å². The highest BCUT2D eigenvalue weighted by Gasteiger charge is 2.18. The number of nitrogens with zero attached hydrogens (tertiary/aromatic N) is 3. The molecule has 20 heavy (non-hydrogen) atoms. The van der Waals surface area contributed by atoms with Crippen LogP contribution in [0.5, 0.6) is 0 Å². The summed E-state index contributed by atoms with van der Waals surface area (Å²) < 4.78 is 0. The smallest absolute Gasteiger partial charge is 0.0745 e. The third-order valence-corrected chi connectivity index (χ3v) is 3.56. The molecule has 0 radical (unpaired) electrons. The molecule has 1 heterocycles. The minimum absolute atomic E-state index is 0.392. The van der Waals surface area contributed by atoms with Crippen LogP contribution in [0.25, 0.3) is 10.9 Å². The van der Waals surface area contributed by atoms with Crippen molar-refractivity contribution in [2.75, 3.05) is 37.8 Å². The van der Waals surface area contributed by atoms with Crippen LogP contribution in [0.3, 0.4) is 0 Å². The van der Waals surface area contributed by atoms with Gasteiger partial charge in [-0.05, 0) is 34.0 Å². The van der Waals surface area contributed by atoms with E-state index in [0.717, 1.165) is 35.4 Å². The second-order valence-corrected chi connectivity index (χ2v) is 5.48. The number of nitrogens with two attached hydrogens (primary N) is 1. The van der Waals surface area contributed by atoms with Gasteiger partial charge in [-0.3, -0.25) is 4.98 Å². The van der Waals surface area contributed by atoms with E-state index in [4.69, 9.17) is 5.73 Å². The molecule has 0 aliphatic carbocycles. The molecule has 0 saturated heterocycles. The molecule has 0 bridgehead atoms. The summed E-state index contributed by atoms with van der Waals surface area (Å²) in [5.41, 5.74) is 9.06. The van der Waals surface area contributed by atoms with Crippen molar-refractivity contribution >= 4 is 22.3 Å². The van der Waals surface area contributed by atoms with Crippen molar-refractivity contribution in [3.05, 3.63) is 30.5 Å². The maximum atomic E-state index is 6.21. The normalized spacial score (nSPS) is 12.8. The van der Waals surface area contributed by atoms with E-state index < -0.39 is 0 Å².